The zero-order valence-electron chi connectivity index (χ0n) is 22.9. The molecule has 0 aliphatic heterocycles. The summed E-state index contributed by atoms with van der Waals surface area (Å²) in [5, 5.41) is 21.2. The van der Waals surface area contributed by atoms with Gasteiger partial charge in [-0.25, -0.2) is 9.59 Å². The number of aryl methyl sites for hydroxylation is 2. The van der Waals surface area contributed by atoms with E-state index in [9.17, 15) is 19.8 Å². The predicted octanol–water partition coefficient (Wildman–Crippen LogP) is 7.85. The van der Waals surface area contributed by atoms with Crippen LogP contribution in [0.5, 0.6) is 11.5 Å². The first-order valence-corrected chi connectivity index (χ1v) is 13.6. The van der Waals surface area contributed by atoms with Gasteiger partial charge in [0.05, 0.1) is 10.8 Å². The van der Waals surface area contributed by atoms with Crippen LogP contribution in [0, 0.1) is 0 Å². The van der Waals surface area contributed by atoms with E-state index in [1.54, 1.807) is 24.3 Å². The van der Waals surface area contributed by atoms with Crippen molar-refractivity contribution >= 4 is 21.5 Å². The molecule has 2 N–H and O–H groups in total. The molecule has 0 radical (unpaired) electrons. The van der Waals surface area contributed by atoms with E-state index in [4.69, 9.17) is 8.83 Å². The van der Waals surface area contributed by atoms with Crippen molar-refractivity contribution in [1.82, 2.24) is 0 Å². The molecule has 0 atom stereocenters. The number of phenolic OH excluding ortho intramolecular Hbond substituents is 2. The zero-order chi connectivity index (χ0) is 28.9. The Bertz CT molecular complexity index is 1960. The molecule has 0 saturated carbocycles. The van der Waals surface area contributed by atoms with Crippen molar-refractivity contribution in [2.24, 2.45) is 0 Å². The van der Waals surface area contributed by atoms with Gasteiger partial charge in [-0.05, 0) is 71.1 Å². The molecule has 6 nitrogen and oxygen atoms in total. The van der Waals surface area contributed by atoms with Gasteiger partial charge in [0, 0.05) is 11.1 Å². The van der Waals surface area contributed by atoms with Crippen LogP contribution < -0.4 is 11.3 Å². The largest absolute Gasteiger partial charge is 0.508 e. The van der Waals surface area contributed by atoms with Gasteiger partial charge < -0.3 is 19.0 Å². The van der Waals surface area contributed by atoms with Crippen LogP contribution in [0.15, 0.2) is 115 Å². The Morgan fingerprint density at radius 2 is 1.05 bits per heavy atom. The van der Waals surface area contributed by atoms with Gasteiger partial charge in [0.1, 0.15) is 23.0 Å². The molecule has 0 spiro atoms. The molecule has 6 rings (SSSR count). The molecule has 0 aliphatic carbocycles. The van der Waals surface area contributed by atoms with Gasteiger partial charge in [-0.2, -0.15) is 0 Å². The standard InChI is InChI=1S/C18H16O3.C17H14O3/c1-2-5-12-6-3-4-7-15(12)17-10-13-8-9-14(19)11-16(13)18(20)21-17;1-2-11-5-3-4-6-14(11)16-9-12-7-8-13(18)10-15(12)17(19)20-16/h3-4,6-11,19H,2,5H2,1H3;3-10,18H,2H2,1H3. The van der Waals surface area contributed by atoms with Gasteiger partial charge in [0.25, 0.3) is 0 Å². The lowest BCUT2D eigenvalue weighted by molar-refractivity contribution is 0.475. The van der Waals surface area contributed by atoms with Crippen molar-refractivity contribution in [3.63, 3.8) is 0 Å². The van der Waals surface area contributed by atoms with Crippen molar-refractivity contribution in [3.8, 4) is 34.1 Å². The van der Waals surface area contributed by atoms with E-state index >= 15 is 0 Å². The summed E-state index contributed by atoms with van der Waals surface area (Å²) in [6.45, 7) is 4.19. The topological polar surface area (TPSA) is 101 Å². The summed E-state index contributed by atoms with van der Waals surface area (Å²) in [7, 11) is 0. The molecular weight excluding hydrogens is 516 g/mol. The lowest BCUT2D eigenvalue weighted by Gasteiger charge is -2.08. The summed E-state index contributed by atoms with van der Waals surface area (Å²) in [5.74, 6) is 1.26. The molecule has 2 heterocycles. The highest BCUT2D eigenvalue weighted by molar-refractivity contribution is 5.86. The summed E-state index contributed by atoms with van der Waals surface area (Å²) >= 11 is 0. The Morgan fingerprint density at radius 1 is 0.585 bits per heavy atom. The summed E-state index contributed by atoms with van der Waals surface area (Å²) in [6, 6.07) is 29.0. The summed E-state index contributed by atoms with van der Waals surface area (Å²) in [5.41, 5.74) is 3.33. The zero-order valence-corrected chi connectivity index (χ0v) is 22.9. The molecular formula is C35H30O6. The number of phenols is 2. The maximum atomic E-state index is 12.1. The molecule has 0 fully saturated rings. The minimum atomic E-state index is -0.431. The van der Waals surface area contributed by atoms with Crippen LogP contribution >= 0.6 is 0 Å². The van der Waals surface area contributed by atoms with Crippen LogP contribution in [0.1, 0.15) is 31.4 Å². The third-order valence-electron chi connectivity index (χ3n) is 6.96. The fraction of sp³-hybridized carbons (Fsp3) is 0.143. The Morgan fingerprint density at radius 3 is 1.54 bits per heavy atom. The smallest absolute Gasteiger partial charge is 0.344 e. The fourth-order valence-electron chi connectivity index (χ4n) is 4.93. The van der Waals surface area contributed by atoms with Gasteiger partial charge in [0.2, 0.25) is 0 Å². The minimum absolute atomic E-state index is 0.0616. The van der Waals surface area contributed by atoms with E-state index < -0.39 is 11.3 Å². The summed E-state index contributed by atoms with van der Waals surface area (Å²) in [6.07, 6.45) is 2.84. The third kappa shape index (κ3) is 5.92. The second-order valence-corrected chi connectivity index (χ2v) is 9.76. The van der Waals surface area contributed by atoms with Crippen molar-refractivity contribution in [2.45, 2.75) is 33.1 Å². The quantitative estimate of drug-likeness (QED) is 0.228. The molecule has 41 heavy (non-hydrogen) atoms. The fourth-order valence-corrected chi connectivity index (χ4v) is 4.93. The maximum Gasteiger partial charge on any atom is 0.344 e. The van der Waals surface area contributed by atoms with E-state index in [2.05, 4.69) is 19.9 Å². The number of benzene rings is 4. The molecule has 6 heteroatoms. The lowest BCUT2D eigenvalue weighted by atomic mass is 10.00. The first-order chi connectivity index (χ1) is 19.9. The lowest BCUT2D eigenvalue weighted by Crippen LogP contribution is -2.01. The second kappa shape index (κ2) is 12.0. The van der Waals surface area contributed by atoms with Crippen molar-refractivity contribution < 1.29 is 19.0 Å². The predicted molar refractivity (Wildman–Crippen MR) is 163 cm³/mol. The van der Waals surface area contributed by atoms with Crippen LogP contribution in [0.3, 0.4) is 0 Å². The Labute approximate surface area is 236 Å². The van der Waals surface area contributed by atoms with Gasteiger partial charge in [-0.1, -0.05) is 80.9 Å². The second-order valence-electron chi connectivity index (χ2n) is 9.76. The van der Waals surface area contributed by atoms with E-state index in [1.165, 1.54) is 17.7 Å². The average molecular weight is 547 g/mol. The number of hydrogen-bond acceptors (Lipinski definition) is 6. The van der Waals surface area contributed by atoms with E-state index in [-0.39, 0.29) is 11.5 Å². The van der Waals surface area contributed by atoms with Crippen molar-refractivity contribution in [2.75, 3.05) is 0 Å². The maximum absolute atomic E-state index is 12.1. The van der Waals surface area contributed by atoms with Crippen LogP contribution in [-0.4, -0.2) is 10.2 Å². The molecule has 0 bridgehead atoms. The number of hydrogen-bond donors (Lipinski definition) is 2. The van der Waals surface area contributed by atoms with E-state index in [0.717, 1.165) is 46.7 Å². The first-order valence-electron chi connectivity index (χ1n) is 13.6. The molecule has 0 aliphatic rings. The van der Waals surface area contributed by atoms with Crippen molar-refractivity contribution in [1.29, 1.82) is 0 Å². The molecule has 6 aromatic rings. The van der Waals surface area contributed by atoms with Gasteiger partial charge in [-0.15, -0.1) is 0 Å². The monoisotopic (exact) mass is 546 g/mol. The molecule has 4 aromatic carbocycles. The van der Waals surface area contributed by atoms with Crippen LogP contribution in [-0.2, 0) is 12.8 Å². The SMILES string of the molecule is CCCc1ccccc1-c1cc2ccc(O)cc2c(=O)o1.CCc1ccccc1-c1cc2ccc(O)cc2c(=O)o1. The van der Waals surface area contributed by atoms with Crippen molar-refractivity contribution in [3.05, 3.63) is 129 Å². The number of rotatable bonds is 5. The summed E-state index contributed by atoms with van der Waals surface area (Å²) in [4.78, 5) is 24.2. The van der Waals surface area contributed by atoms with E-state index in [0.29, 0.717) is 22.3 Å². The molecule has 0 amide bonds. The Kier molecular flexibility index (Phi) is 8.01. The first kappa shape index (κ1) is 27.5. The van der Waals surface area contributed by atoms with Gasteiger partial charge >= 0.3 is 11.3 Å². The third-order valence-corrected chi connectivity index (χ3v) is 6.96. The molecule has 2 aromatic heterocycles. The highest BCUT2D eigenvalue weighted by Gasteiger charge is 2.11. The van der Waals surface area contributed by atoms with Gasteiger partial charge in [0.15, 0.2) is 0 Å². The van der Waals surface area contributed by atoms with Crippen LogP contribution in [0.25, 0.3) is 44.2 Å². The average Bonchev–Trinajstić information content (AvgIpc) is 2.98. The Balaban J connectivity index is 0.000000165. The molecule has 0 unspecified atom stereocenters. The number of fused-ring (bicyclic) bond motifs is 2. The van der Waals surface area contributed by atoms with Crippen LogP contribution in [0.4, 0.5) is 0 Å². The van der Waals surface area contributed by atoms with Gasteiger partial charge in [-0.3, -0.25) is 0 Å². The highest BCUT2D eigenvalue weighted by atomic mass is 16.4. The Hall–Kier alpha value is -5.10. The minimum Gasteiger partial charge on any atom is -0.508 e. The van der Waals surface area contributed by atoms with E-state index in [1.807, 2.05) is 54.6 Å². The highest BCUT2D eigenvalue weighted by Crippen LogP contribution is 2.28. The molecule has 206 valence electrons. The summed E-state index contributed by atoms with van der Waals surface area (Å²) < 4.78 is 10.9. The molecule has 0 saturated heterocycles. The number of aromatic hydroxyl groups is 2. The normalized spacial score (nSPS) is 10.9. The van der Waals surface area contributed by atoms with Crippen LogP contribution in [0.2, 0.25) is 0 Å².